The van der Waals surface area contributed by atoms with Crippen LogP contribution in [0, 0.1) is 0 Å². The number of hydrogen-bond donors (Lipinski definition) is 2. The third kappa shape index (κ3) is 3.24. The van der Waals surface area contributed by atoms with E-state index in [0.29, 0.717) is 29.4 Å². The van der Waals surface area contributed by atoms with Gasteiger partial charge in [0.15, 0.2) is 0 Å². The SMILES string of the molecule is Nc1cc(NC(=O)CCn2cccn2)ccc1Cl. The van der Waals surface area contributed by atoms with Crippen molar-refractivity contribution >= 4 is 28.9 Å². The Bertz CT molecular complexity index is 539. The molecule has 0 radical (unpaired) electrons. The topological polar surface area (TPSA) is 72.9 Å². The molecular weight excluding hydrogens is 252 g/mol. The Hall–Kier alpha value is -2.01. The summed E-state index contributed by atoms with van der Waals surface area (Å²) >= 11 is 5.80. The van der Waals surface area contributed by atoms with E-state index >= 15 is 0 Å². The number of amides is 1. The Balaban J connectivity index is 1.88. The number of rotatable bonds is 4. The molecule has 1 amide bonds. The molecule has 0 aliphatic rings. The molecule has 0 saturated heterocycles. The fourth-order valence-corrected chi connectivity index (χ4v) is 1.61. The maximum Gasteiger partial charge on any atom is 0.226 e. The summed E-state index contributed by atoms with van der Waals surface area (Å²) in [6, 6.07) is 6.82. The van der Waals surface area contributed by atoms with Gasteiger partial charge in [0.2, 0.25) is 5.91 Å². The number of nitrogen functional groups attached to an aromatic ring is 1. The number of carbonyl (C=O) groups is 1. The van der Waals surface area contributed by atoms with E-state index in [-0.39, 0.29) is 5.91 Å². The summed E-state index contributed by atoms with van der Waals surface area (Å²) in [5, 5.41) is 7.25. The Labute approximate surface area is 110 Å². The van der Waals surface area contributed by atoms with Gasteiger partial charge in [-0.3, -0.25) is 9.48 Å². The lowest BCUT2D eigenvalue weighted by molar-refractivity contribution is -0.116. The summed E-state index contributed by atoms with van der Waals surface area (Å²) in [6.45, 7) is 0.544. The molecule has 0 spiro atoms. The number of benzene rings is 1. The highest BCUT2D eigenvalue weighted by Crippen LogP contribution is 2.22. The molecule has 3 N–H and O–H groups in total. The van der Waals surface area contributed by atoms with Crippen LogP contribution in [0.3, 0.4) is 0 Å². The normalized spacial score (nSPS) is 10.3. The number of carbonyl (C=O) groups excluding carboxylic acids is 1. The molecule has 1 aromatic heterocycles. The van der Waals surface area contributed by atoms with Crippen molar-refractivity contribution in [1.29, 1.82) is 0 Å². The van der Waals surface area contributed by atoms with E-state index in [9.17, 15) is 4.79 Å². The molecule has 0 unspecified atom stereocenters. The fourth-order valence-electron chi connectivity index (χ4n) is 1.49. The molecule has 0 aliphatic heterocycles. The standard InChI is InChI=1S/C12H13ClN4O/c13-10-3-2-9(8-11(10)14)16-12(18)4-7-17-6-1-5-15-17/h1-3,5-6,8H,4,7,14H2,(H,16,18). The summed E-state index contributed by atoms with van der Waals surface area (Å²) in [7, 11) is 0. The van der Waals surface area contributed by atoms with Crippen molar-refractivity contribution in [3.63, 3.8) is 0 Å². The maximum atomic E-state index is 11.7. The van der Waals surface area contributed by atoms with Gasteiger partial charge in [0.05, 0.1) is 10.7 Å². The highest BCUT2D eigenvalue weighted by molar-refractivity contribution is 6.33. The summed E-state index contributed by atoms with van der Waals surface area (Å²) in [5.74, 6) is -0.0905. The van der Waals surface area contributed by atoms with Crippen LogP contribution in [0.2, 0.25) is 5.02 Å². The summed E-state index contributed by atoms with van der Waals surface area (Å²) < 4.78 is 1.70. The lowest BCUT2D eigenvalue weighted by Gasteiger charge is -2.07. The molecule has 94 valence electrons. The van der Waals surface area contributed by atoms with Gasteiger partial charge >= 0.3 is 0 Å². The molecule has 2 aromatic rings. The van der Waals surface area contributed by atoms with Crippen LogP contribution in [0.5, 0.6) is 0 Å². The quantitative estimate of drug-likeness (QED) is 0.831. The van der Waals surface area contributed by atoms with Crippen LogP contribution < -0.4 is 11.1 Å². The lowest BCUT2D eigenvalue weighted by atomic mass is 10.2. The van der Waals surface area contributed by atoms with Gasteiger partial charge in [-0.1, -0.05) is 11.6 Å². The van der Waals surface area contributed by atoms with Gasteiger partial charge in [-0.05, 0) is 24.3 Å². The fraction of sp³-hybridized carbons (Fsp3) is 0.167. The number of aromatic nitrogens is 2. The largest absolute Gasteiger partial charge is 0.397 e. The predicted molar refractivity (Wildman–Crippen MR) is 71.3 cm³/mol. The van der Waals surface area contributed by atoms with E-state index < -0.39 is 0 Å². The number of halogens is 1. The highest BCUT2D eigenvalue weighted by atomic mass is 35.5. The van der Waals surface area contributed by atoms with Gasteiger partial charge in [0.25, 0.3) is 0 Å². The van der Waals surface area contributed by atoms with Gasteiger partial charge in [-0.2, -0.15) is 5.10 Å². The second-order valence-electron chi connectivity index (χ2n) is 3.80. The van der Waals surface area contributed by atoms with Crippen LogP contribution in [0.4, 0.5) is 11.4 Å². The first-order valence-corrected chi connectivity index (χ1v) is 5.85. The van der Waals surface area contributed by atoms with E-state index in [1.807, 2.05) is 12.3 Å². The molecule has 0 aliphatic carbocycles. The van der Waals surface area contributed by atoms with Crippen molar-refractivity contribution < 1.29 is 4.79 Å². The Morgan fingerprint density at radius 2 is 2.33 bits per heavy atom. The van der Waals surface area contributed by atoms with E-state index in [0.717, 1.165) is 0 Å². The summed E-state index contributed by atoms with van der Waals surface area (Å²) in [6.07, 6.45) is 3.84. The van der Waals surface area contributed by atoms with Crippen molar-refractivity contribution in [1.82, 2.24) is 9.78 Å². The number of hydrogen-bond acceptors (Lipinski definition) is 3. The molecule has 0 fully saturated rings. The minimum atomic E-state index is -0.0905. The second kappa shape index (κ2) is 5.55. The minimum Gasteiger partial charge on any atom is -0.397 e. The Morgan fingerprint density at radius 3 is 3.00 bits per heavy atom. The highest BCUT2D eigenvalue weighted by Gasteiger charge is 2.04. The molecule has 2 rings (SSSR count). The molecule has 6 heteroatoms. The first-order valence-electron chi connectivity index (χ1n) is 5.47. The first-order chi connectivity index (χ1) is 8.65. The summed E-state index contributed by atoms with van der Waals surface area (Å²) in [4.78, 5) is 11.7. The lowest BCUT2D eigenvalue weighted by Crippen LogP contribution is -2.14. The van der Waals surface area contributed by atoms with E-state index in [2.05, 4.69) is 10.4 Å². The second-order valence-corrected chi connectivity index (χ2v) is 4.21. The Morgan fingerprint density at radius 1 is 1.50 bits per heavy atom. The van der Waals surface area contributed by atoms with Crippen molar-refractivity contribution in [3.8, 4) is 0 Å². The molecule has 1 heterocycles. The zero-order valence-electron chi connectivity index (χ0n) is 9.64. The number of anilines is 2. The van der Waals surface area contributed by atoms with E-state index in [4.69, 9.17) is 17.3 Å². The van der Waals surface area contributed by atoms with Crippen LogP contribution in [0.25, 0.3) is 0 Å². The average Bonchev–Trinajstić information content (AvgIpc) is 2.84. The zero-order chi connectivity index (χ0) is 13.0. The number of nitrogens with two attached hydrogens (primary N) is 1. The monoisotopic (exact) mass is 264 g/mol. The van der Waals surface area contributed by atoms with Crippen molar-refractivity contribution in [2.24, 2.45) is 0 Å². The Kier molecular flexibility index (Phi) is 3.84. The zero-order valence-corrected chi connectivity index (χ0v) is 10.4. The molecular formula is C12H13ClN4O. The first kappa shape index (κ1) is 12.4. The number of nitrogens with zero attached hydrogens (tertiary/aromatic N) is 2. The molecule has 1 aromatic carbocycles. The third-order valence-electron chi connectivity index (χ3n) is 2.41. The van der Waals surface area contributed by atoms with Crippen LogP contribution in [0.1, 0.15) is 6.42 Å². The van der Waals surface area contributed by atoms with Gasteiger partial charge in [-0.25, -0.2) is 0 Å². The predicted octanol–water partition coefficient (Wildman–Crippen LogP) is 2.15. The number of aryl methyl sites for hydroxylation is 1. The van der Waals surface area contributed by atoms with Crippen LogP contribution in [-0.4, -0.2) is 15.7 Å². The molecule has 18 heavy (non-hydrogen) atoms. The molecule has 0 atom stereocenters. The molecule has 0 saturated carbocycles. The smallest absolute Gasteiger partial charge is 0.226 e. The van der Waals surface area contributed by atoms with Gasteiger partial charge < -0.3 is 11.1 Å². The van der Waals surface area contributed by atoms with Crippen LogP contribution in [0.15, 0.2) is 36.7 Å². The van der Waals surface area contributed by atoms with Gasteiger partial charge in [0.1, 0.15) is 0 Å². The van der Waals surface area contributed by atoms with Crippen LogP contribution >= 0.6 is 11.6 Å². The van der Waals surface area contributed by atoms with Crippen molar-refractivity contribution in [3.05, 3.63) is 41.7 Å². The number of nitrogens with one attached hydrogen (secondary N) is 1. The maximum absolute atomic E-state index is 11.7. The van der Waals surface area contributed by atoms with Gasteiger partial charge in [-0.15, -0.1) is 0 Å². The average molecular weight is 265 g/mol. The van der Waals surface area contributed by atoms with E-state index in [1.165, 1.54) is 0 Å². The van der Waals surface area contributed by atoms with Crippen LogP contribution in [-0.2, 0) is 11.3 Å². The van der Waals surface area contributed by atoms with Crippen molar-refractivity contribution in [2.75, 3.05) is 11.1 Å². The minimum absolute atomic E-state index is 0.0905. The molecule has 5 nitrogen and oxygen atoms in total. The summed E-state index contributed by atoms with van der Waals surface area (Å²) in [5.41, 5.74) is 6.74. The molecule has 0 bridgehead atoms. The van der Waals surface area contributed by atoms with Gasteiger partial charge in [0, 0.05) is 31.0 Å². The van der Waals surface area contributed by atoms with E-state index in [1.54, 1.807) is 29.1 Å². The third-order valence-corrected chi connectivity index (χ3v) is 2.75. The van der Waals surface area contributed by atoms with Crippen molar-refractivity contribution in [2.45, 2.75) is 13.0 Å².